The van der Waals surface area contributed by atoms with Crippen molar-refractivity contribution < 1.29 is 17.9 Å². The molecule has 1 fully saturated rings. The van der Waals surface area contributed by atoms with Gasteiger partial charge in [0.15, 0.2) is 0 Å². The minimum absolute atomic E-state index is 0.00507. The molecule has 0 N–H and O–H groups in total. The van der Waals surface area contributed by atoms with Gasteiger partial charge in [0.25, 0.3) is 0 Å². The van der Waals surface area contributed by atoms with E-state index in [0.29, 0.717) is 25.9 Å². The second-order valence-corrected chi connectivity index (χ2v) is 5.75. The van der Waals surface area contributed by atoms with E-state index in [1.165, 1.54) is 17.5 Å². The number of hydrogen-bond donors (Lipinski definition) is 0. The first-order chi connectivity index (χ1) is 7.60. The van der Waals surface area contributed by atoms with Crippen LogP contribution in [0, 0.1) is 0 Å². The summed E-state index contributed by atoms with van der Waals surface area (Å²) in [5.41, 5.74) is 0. The molecule has 0 unspecified atom stereocenters. The van der Waals surface area contributed by atoms with Crippen molar-refractivity contribution in [3.63, 3.8) is 0 Å². The summed E-state index contributed by atoms with van der Waals surface area (Å²) in [6.07, 6.45) is 2.68. The molecule has 92 valence electrons. The Kier molecular flexibility index (Phi) is 5.08. The van der Waals surface area contributed by atoms with Crippen LogP contribution in [-0.2, 0) is 19.6 Å². The van der Waals surface area contributed by atoms with Crippen LogP contribution in [-0.4, -0.2) is 57.4 Å². The summed E-state index contributed by atoms with van der Waals surface area (Å²) in [5, 5.41) is 0. The topological polar surface area (TPSA) is 76.0 Å². The molecule has 1 saturated heterocycles. The number of nitrogens with zero attached hydrogens (tertiary/aromatic N) is 2. The Balaban J connectivity index is 2.49. The number of aliphatic imine (C=N–C) groups is 1. The molecule has 0 aliphatic carbocycles. The van der Waals surface area contributed by atoms with Gasteiger partial charge in [0.05, 0.1) is 18.4 Å². The average Bonchev–Trinajstić information content (AvgIpc) is 2.28. The number of methoxy groups -OCH3 is 1. The standard InChI is InChI=1S/C9H16N2O4S/c1-15-6-7-16(13,14)11-4-2-9(3-5-11)10-8-12/h9H,2-7H2,1H3. The molecule has 0 radical (unpaired) electrons. The highest BCUT2D eigenvalue weighted by molar-refractivity contribution is 7.89. The van der Waals surface area contributed by atoms with Crippen molar-refractivity contribution in [2.24, 2.45) is 4.99 Å². The van der Waals surface area contributed by atoms with Gasteiger partial charge in [-0.1, -0.05) is 0 Å². The average molecular weight is 248 g/mol. The monoisotopic (exact) mass is 248 g/mol. The summed E-state index contributed by atoms with van der Waals surface area (Å²) in [6, 6.07) is -0.0774. The maximum atomic E-state index is 11.7. The zero-order valence-electron chi connectivity index (χ0n) is 9.26. The molecule has 0 aromatic carbocycles. The van der Waals surface area contributed by atoms with Crippen LogP contribution in [0.3, 0.4) is 0 Å². The van der Waals surface area contributed by atoms with Gasteiger partial charge < -0.3 is 4.74 Å². The van der Waals surface area contributed by atoms with E-state index in [4.69, 9.17) is 4.74 Å². The molecule has 0 spiro atoms. The van der Waals surface area contributed by atoms with Crippen LogP contribution in [0.4, 0.5) is 0 Å². The van der Waals surface area contributed by atoms with Gasteiger partial charge >= 0.3 is 0 Å². The van der Waals surface area contributed by atoms with Crippen LogP contribution in [0.25, 0.3) is 0 Å². The maximum Gasteiger partial charge on any atom is 0.235 e. The number of rotatable bonds is 5. The number of isocyanates is 1. The van der Waals surface area contributed by atoms with E-state index in [9.17, 15) is 13.2 Å². The third-order valence-electron chi connectivity index (χ3n) is 2.60. The van der Waals surface area contributed by atoms with Gasteiger partial charge in [-0.25, -0.2) is 22.5 Å². The molecular weight excluding hydrogens is 232 g/mol. The van der Waals surface area contributed by atoms with E-state index in [-0.39, 0.29) is 18.4 Å². The third kappa shape index (κ3) is 3.68. The summed E-state index contributed by atoms with van der Waals surface area (Å²) in [7, 11) is -1.74. The van der Waals surface area contributed by atoms with Gasteiger partial charge in [0.2, 0.25) is 16.1 Å². The molecule has 0 aromatic heterocycles. The summed E-state index contributed by atoms with van der Waals surface area (Å²) in [6.45, 7) is 1.04. The maximum absolute atomic E-state index is 11.7. The lowest BCUT2D eigenvalue weighted by Gasteiger charge is -2.28. The number of piperidine rings is 1. The van der Waals surface area contributed by atoms with Crippen molar-refractivity contribution in [2.45, 2.75) is 18.9 Å². The molecule has 0 amide bonds. The smallest absolute Gasteiger partial charge is 0.235 e. The van der Waals surface area contributed by atoms with Crippen LogP contribution < -0.4 is 0 Å². The second kappa shape index (κ2) is 6.10. The molecule has 1 rings (SSSR count). The van der Waals surface area contributed by atoms with Gasteiger partial charge in [0.1, 0.15) is 0 Å². The Labute approximate surface area is 95.3 Å². The first kappa shape index (κ1) is 13.3. The molecule has 0 saturated carbocycles. The van der Waals surface area contributed by atoms with Gasteiger partial charge in [-0.3, -0.25) is 0 Å². The quantitative estimate of drug-likeness (QED) is 0.497. The van der Waals surface area contributed by atoms with Gasteiger partial charge in [-0.2, -0.15) is 0 Å². The van der Waals surface area contributed by atoms with Crippen LogP contribution >= 0.6 is 0 Å². The van der Waals surface area contributed by atoms with Crippen LogP contribution in [0.15, 0.2) is 4.99 Å². The van der Waals surface area contributed by atoms with E-state index < -0.39 is 10.0 Å². The van der Waals surface area contributed by atoms with Crippen molar-refractivity contribution in [1.82, 2.24) is 4.31 Å². The molecule has 7 heteroatoms. The second-order valence-electron chi connectivity index (χ2n) is 3.66. The fourth-order valence-corrected chi connectivity index (χ4v) is 3.04. The van der Waals surface area contributed by atoms with Crippen molar-refractivity contribution in [2.75, 3.05) is 32.6 Å². The first-order valence-electron chi connectivity index (χ1n) is 5.14. The Morgan fingerprint density at radius 3 is 2.56 bits per heavy atom. The zero-order chi connectivity index (χ0) is 12.0. The summed E-state index contributed by atoms with van der Waals surface area (Å²) in [4.78, 5) is 13.7. The van der Waals surface area contributed by atoms with E-state index >= 15 is 0 Å². The first-order valence-corrected chi connectivity index (χ1v) is 6.75. The highest BCUT2D eigenvalue weighted by Crippen LogP contribution is 2.16. The highest BCUT2D eigenvalue weighted by atomic mass is 32.2. The van der Waals surface area contributed by atoms with Crippen molar-refractivity contribution >= 4 is 16.1 Å². The van der Waals surface area contributed by atoms with Crippen molar-refractivity contribution in [3.05, 3.63) is 0 Å². The summed E-state index contributed by atoms with van der Waals surface area (Å²) >= 11 is 0. The molecule has 1 aliphatic heterocycles. The number of sulfonamides is 1. The highest BCUT2D eigenvalue weighted by Gasteiger charge is 2.27. The van der Waals surface area contributed by atoms with E-state index in [2.05, 4.69) is 4.99 Å². The zero-order valence-corrected chi connectivity index (χ0v) is 10.1. The third-order valence-corrected chi connectivity index (χ3v) is 4.43. The minimum atomic E-state index is -3.22. The number of hydrogen-bond acceptors (Lipinski definition) is 5. The lowest BCUT2D eigenvalue weighted by Crippen LogP contribution is -2.41. The molecule has 16 heavy (non-hydrogen) atoms. The van der Waals surface area contributed by atoms with Crippen molar-refractivity contribution in [1.29, 1.82) is 0 Å². The molecule has 0 bridgehead atoms. The normalized spacial score (nSPS) is 19.3. The molecule has 6 nitrogen and oxygen atoms in total. The Morgan fingerprint density at radius 1 is 1.44 bits per heavy atom. The van der Waals surface area contributed by atoms with Gasteiger partial charge in [-0.05, 0) is 12.8 Å². The Hall–Kier alpha value is -0.750. The van der Waals surface area contributed by atoms with Gasteiger partial charge in [0, 0.05) is 20.2 Å². The van der Waals surface area contributed by atoms with E-state index in [1.54, 1.807) is 0 Å². The van der Waals surface area contributed by atoms with Crippen LogP contribution in [0.2, 0.25) is 0 Å². The largest absolute Gasteiger partial charge is 0.384 e. The summed E-state index contributed by atoms with van der Waals surface area (Å²) < 4.78 is 29.7. The summed E-state index contributed by atoms with van der Waals surface area (Å²) in [5.74, 6) is 0.00507. The van der Waals surface area contributed by atoms with E-state index in [1.807, 2.05) is 0 Å². The van der Waals surface area contributed by atoms with Gasteiger partial charge in [-0.15, -0.1) is 0 Å². The Bertz CT molecular complexity index is 354. The predicted octanol–water partition coefficient (Wildman–Crippen LogP) is -0.237. The number of ether oxygens (including phenoxy) is 1. The molecule has 0 atom stereocenters. The predicted molar refractivity (Wildman–Crippen MR) is 58.4 cm³/mol. The fourth-order valence-electron chi connectivity index (χ4n) is 1.64. The minimum Gasteiger partial charge on any atom is -0.384 e. The van der Waals surface area contributed by atoms with Crippen molar-refractivity contribution in [3.8, 4) is 0 Å². The lowest BCUT2D eigenvalue weighted by atomic mass is 10.1. The van der Waals surface area contributed by atoms with E-state index in [0.717, 1.165) is 0 Å². The molecule has 0 aromatic rings. The molecule has 1 heterocycles. The number of carbonyl (C=O) groups excluding carboxylic acids is 1. The SMILES string of the molecule is COCCS(=O)(=O)N1CCC(N=C=O)CC1. The fraction of sp³-hybridized carbons (Fsp3) is 0.889. The molecule has 1 aliphatic rings. The van der Waals surface area contributed by atoms with Crippen LogP contribution in [0.1, 0.15) is 12.8 Å². The molecular formula is C9H16N2O4S. The van der Waals surface area contributed by atoms with Crippen LogP contribution in [0.5, 0.6) is 0 Å². The lowest BCUT2D eigenvalue weighted by molar-refractivity contribution is 0.214. The Morgan fingerprint density at radius 2 is 2.06 bits per heavy atom.